The van der Waals surface area contributed by atoms with Crippen molar-refractivity contribution in [3.05, 3.63) is 52.2 Å². The van der Waals surface area contributed by atoms with Crippen LogP contribution in [-0.2, 0) is 22.0 Å². The Morgan fingerprint density at radius 3 is 2.44 bits per heavy atom. The van der Waals surface area contributed by atoms with E-state index < -0.39 is 20.0 Å². The van der Waals surface area contributed by atoms with Crippen LogP contribution in [0.4, 0.5) is 4.79 Å². The third kappa shape index (κ3) is 6.30. The molecule has 0 aliphatic heterocycles. The number of carbonyl (C=O) groups excluding carboxylic acids is 1. The number of fused-ring (bicyclic) bond motifs is 2. The summed E-state index contributed by atoms with van der Waals surface area (Å²) in [7, 11) is -0.661. The van der Waals surface area contributed by atoms with Crippen molar-refractivity contribution in [1.29, 1.82) is 0 Å². The minimum Gasteiger partial charge on any atom is -0.481 e. The van der Waals surface area contributed by atoms with Gasteiger partial charge < -0.3 is 19.2 Å². The molecule has 1 N–H and O–H groups in total. The Hall–Kier alpha value is -3.31. The highest BCUT2D eigenvalue weighted by atomic mass is 28.4. The van der Waals surface area contributed by atoms with E-state index in [1.54, 1.807) is 18.3 Å². The number of methoxy groups -OCH3 is 1. The molecule has 0 saturated heterocycles. The summed E-state index contributed by atoms with van der Waals surface area (Å²) in [6.07, 6.45) is 3.17. The van der Waals surface area contributed by atoms with Gasteiger partial charge in [0.2, 0.25) is 5.88 Å². The molecule has 0 fully saturated rings. The Kier molecular flexibility index (Phi) is 7.61. The molecule has 0 bridgehead atoms. The van der Waals surface area contributed by atoms with Crippen LogP contribution in [0.2, 0.25) is 18.1 Å². The van der Waals surface area contributed by atoms with Crippen molar-refractivity contribution in [2.45, 2.75) is 90.3 Å². The van der Waals surface area contributed by atoms with E-state index in [0.29, 0.717) is 35.6 Å². The zero-order valence-electron chi connectivity index (χ0n) is 24.3. The number of hydrogen-bond donors (Lipinski definition) is 1. The third-order valence-electron chi connectivity index (χ3n) is 7.33. The number of pyridine rings is 2. The molecule has 3 heterocycles. The molecule has 4 rings (SSSR count). The number of nitrogens with zero attached hydrogens (tertiary/aromatic N) is 4. The number of amides is 1. The van der Waals surface area contributed by atoms with Gasteiger partial charge in [0.1, 0.15) is 11.1 Å². The SMILES string of the molecule is COc1ccc2ncc(=O)n(-c3cnc4c(c3)C[C@@H](O[Si](C)(C)C(C)(C)C)[C@H](NC(=O)OC(C)(C)C)C4)c2n1. The highest BCUT2D eigenvalue weighted by Crippen LogP contribution is 2.39. The second-order valence-corrected chi connectivity index (χ2v) is 17.3. The molecule has 1 aliphatic carbocycles. The molecule has 0 spiro atoms. The summed E-state index contributed by atoms with van der Waals surface area (Å²) >= 11 is 0. The smallest absolute Gasteiger partial charge is 0.407 e. The first-order valence-corrected chi connectivity index (χ1v) is 16.1. The molecule has 0 saturated carbocycles. The van der Waals surface area contributed by atoms with Gasteiger partial charge >= 0.3 is 6.09 Å². The van der Waals surface area contributed by atoms with Crippen molar-refractivity contribution in [3.63, 3.8) is 0 Å². The van der Waals surface area contributed by atoms with Gasteiger partial charge in [-0.05, 0) is 56.6 Å². The molecule has 0 unspecified atom stereocenters. The van der Waals surface area contributed by atoms with Gasteiger partial charge in [-0.3, -0.25) is 14.3 Å². The van der Waals surface area contributed by atoms with E-state index >= 15 is 0 Å². The Morgan fingerprint density at radius 1 is 1.08 bits per heavy atom. The number of alkyl carbamates (subject to hydrolysis) is 1. The second kappa shape index (κ2) is 10.3. The largest absolute Gasteiger partial charge is 0.481 e. The normalized spacial score (nSPS) is 18.0. The van der Waals surface area contributed by atoms with Crippen LogP contribution >= 0.6 is 0 Å². The van der Waals surface area contributed by atoms with E-state index in [2.05, 4.69) is 49.1 Å². The lowest BCUT2D eigenvalue weighted by molar-refractivity contribution is 0.0423. The lowest BCUT2D eigenvalue weighted by Gasteiger charge is -2.43. The van der Waals surface area contributed by atoms with Crippen molar-refractivity contribution in [2.24, 2.45) is 0 Å². The fourth-order valence-corrected chi connectivity index (χ4v) is 5.69. The Morgan fingerprint density at radius 2 is 1.79 bits per heavy atom. The number of aromatic nitrogens is 4. The maximum atomic E-state index is 13.0. The van der Waals surface area contributed by atoms with Gasteiger partial charge in [-0.1, -0.05) is 20.8 Å². The van der Waals surface area contributed by atoms with Crippen LogP contribution in [0, 0.1) is 0 Å². The number of ether oxygens (including phenoxy) is 2. The zero-order chi connectivity index (χ0) is 28.8. The van der Waals surface area contributed by atoms with Crippen LogP contribution in [0.3, 0.4) is 0 Å². The topological polar surface area (TPSA) is 117 Å². The summed E-state index contributed by atoms with van der Waals surface area (Å²) < 4.78 is 19.2. The van der Waals surface area contributed by atoms with Crippen LogP contribution in [0.5, 0.6) is 5.88 Å². The molecule has 1 amide bonds. The number of hydrogen-bond acceptors (Lipinski definition) is 8. The van der Waals surface area contributed by atoms with Crippen molar-refractivity contribution < 1.29 is 18.7 Å². The average molecular weight is 554 g/mol. The van der Waals surface area contributed by atoms with E-state index in [0.717, 1.165) is 11.3 Å². The van der Waals surface area contributed by atoms with E-state index in [4.69, 9.17) is 18.9 Å². The molecule has 1 aliphatic rings. The molecular weight excluding hydrogens is 514 g/mol. The first-order valence-electron chi connectivity index (χ1n) is 13.2. The molecule has 3 aromatic heterocycles. The minimum absolute atomic E-state index is 0.0160. The first kappa shape index (κ1) is 28.7. The molecule has 210 valence electrons. The summed E-state index contributed by atoms with van der Waals surface area (Å²) in [5.74, 6) is 0.383. The van der Waals surface area contributed by atoms with Gasteiger partial charge in [0.05, 0.1) is 37.3 Å². The fraction of sp³-hybridized carbons (Fsp3) is 0.536. The monoisotopic (exact) mass is 553 g/mol. The minimum atomic E-state index is -2.19. The summed E-state index contributed by atoms with van der Waals surface area (Å²) in [4.78, 5) is 39.1. The van der Waals surface area contributed by atoms with Gasteiger partial charge in [-0.15, -0.1) is 0 Å². The second-order valence-electron chi connectivity index (χ2n) is 12.5. The van der Waals surface area contributed by atoms with Crippen LogP contribution in [0.15, 0.2) is 35.4 Å². The van der Waals surface area contributed by atoms with E-state index in [-0.39, 0.29) is 22.7 Å². The molecule has 10 nitrogen and oxygen atoms in total. The van der Waals surface area contributed by atoms with Gasteiger partial charge in [0, 0.05) is 24.6 Å². The zero-order valence-corrected chi connectivity index (χ0v) is 25.3. The van der Waals surface area contributed by atoms with Crippen molar-refractivity contribution in [1.82, 2.24) is 24.8 Å². The maximum absolute atomic E-state index is 13.0. The molecule has 2 atom stereocenters. The van der Waals surface area contributed by atoms with Gasteiger partial charge in [-0.25, -0.2) is 9.78 Å². The predicted molar refractivity (Wildman–Crippen MR) is 152 cm³/mol. The molecule has 0 radical (unpaired) electrons. The number of carbonyl (C=O) groups is 1. The average Bonchev–Trinajstić information content (AvgIpc) is 2.81. The summed E-state index contributed by atoms with van der Waals surface area (Å²) in [5, 5.41) is 3.03. The summed E-state index contributed by atoms with van der Waals surface area (Å²) in [6, 6.07) is 5.11. The molecular formula is C28H39N5O5Si. The number of nitrogens with one attached hydrogen (secondary N) is 1. The molecule has 0 aromatic carbocycles. The van der Waals surface area contributed by atoms with Gasteiger partial charge in [-0.2, -0.15) is 4.98 Å². The third-order valence-corrected chi connectivity index (χ3v) is 11.8. The molecule has 11 heteroatoms. The fourth-order valence-electron chi connectivity index (χ4n) is 4.33. The van der Waals surface area contributed by atoms with Gasteiger partial charge in [0.15, 0.2) is 14.0 Å². The Bertz CT molecular complexity index is 1440. The van der Waals surface area contributed by atoms with Crippen molar-refractivity contribution >= 4 is 25.6 Å². The highest BCUT2D eigenvalue weighted by molar-refractivity contribution is 6.74. The van der Waals surface area contributed by atoms with Crippen molar-refractivity contribution in [2.75, 3.05) is 7.11 Å². The van der Waals surface area contributed by atoms with Crippen LogP contribution in [0.1, 0.15) is 52.8 Å². The maximum Gasteiger partial charge on any atom is 0.407 e. The predicted octanol–water partition coefficient (Wildman–Crippen LogP) is 4.57. The van der Waals surface area contributed by atoms with E-state index in [1.165, 1.54) is 17.9 Å². The van der Waals surface area contributed by atoms with Crippen LogP contribution in [-0.4, -0.2) is 58.8 Å². The highest BCUT2D eigenvalue weighted by Gasteiger charge is 2.43. The van der Waals surface area contributed by atoms with E-state index in [9.17, 15) is 9.59 Å². The first-order chi connectivity index (χ1) is 18.1. The van der Waals surface area contributed by atoms with Crippen molar-refractivity contribution in [3.8, 4) is 11.6 Å². The Labute approximate surface area is 230 Å². The Balaban J connectivity index is 1.74. The number of rotatable bonds is 5. The van der Waals surface area contributed by atoms with E-state index in [1.807, 2.05) is 26.8 Å². The van der Waals surface area contributed by atoms with Crippen LogP contribution < -0.4 is 15.6 Å². The summed E-state index contributed by atoms with van der Waals surface area (Å²) in [5.41, 5.74) is 2.39. The molecule has 39 heavy (non-hydrogen) atoms. The van der Waals surface area contributed by atoms with Crippen LogP contribution in [0.25, 0.3) is 16.9 Å². The standard InChI is InChI=1S/C28H39N5O5Si/c1-27(2,3)37-26(35)31-21-14-20-17(13-22(21)38-39(8,9)28(4,5)6)12-18(15-29-20)33-24(34)16-30-19-10-11-23(36-7)32-25(19)33/h10-12,15-16,21-22H,13-14H2,1-9H3,(H,31,35)/t21-,22-/m1/s1. The summed E-state index contributed by atoms with van der Waals surface area (Å²) in [6.45, 7) is 16.5. The lowest BCUT2D eigenvalue weighted by atomic mass is 9.89. The molecule has 3 aromatic rings. The van der Waals surface area contributed by atoms with Gasteiger partial charge in [0.25, 0.3) is 5.56 Å². The quantitative estimate of drug-likeness (QED) is 0.457. The lowest BCUT2D eigenvalue weighted by Crippen LogP contribution is -2.55.